The molecular weight excluding hydrogens is 318 g/mol. The van der Waals surface area contributed by atoms with Crippen molar-refractivity contribution in [3.05, 3.63) is 65.2 Å². The molecule has 1 aliphatic heterocycles. The van der Waals surface area contributed by atoms with Crippen molar-refractivity contribution in [2.45, 2.75) is 19.6 Å². The molecule has 5 heteroatoms. The number of hydrogen-bond acceptors (Lipinski definition) is 5. The van der Waals surface area contributed by atoms with Crippen LogP contribution in [0.4, 0.5) is 0 Å². The standard InChI is InChI=1S/C20H15NO4/c1-20(2)24-18(22)17(19(23)25-20)11-15-7-3-4-9-16(15)14-8-5-6-13(10-14)12-21/h3-11H,1-2H3. The quantitative estimate of drug-likeness (QED) is 0.478. The third kappa shape index (κ3) is 3.43. The van der Waals surface area contributed by atoms with Crippen LogP contribution in [-0.2, 0) is 19.1 Å². The van der Waals surface area contributed by atoms with Gasteiger partial charge in [0, 0.05) is 13.8 Å². The van der Waals surface area contributed by atoms with Gasteiger partial charge in [-0.15, -0.1) is 0 Å². The van der Waals surface area contributed by atoms with Crippen LogP contribution in [0.15, 0.2) is 54.1 Å². The number of carbonyl (C=O) groups excluding carboxylic acids is 2. The molecule has 0 bridgehead atoms. The lowest BCUT2D eigenvalue weighted by Crippen LogP contribution is -2.41. The van der Waals surface area contributed by atoms with Crippen molar-refractivity contribution in [2.75, 3.05) is 0 Å². The SMILES string of the molecule is CC1(C)OC(=O)C(=Cc2ccccc2-c2cccc(C#N)c2)C(=O)O1. The van der Waals surface area contributed by atoms with E-state index in [0.717, 1.165) is 11.1 Å². The second-order valence-electron chi connectivity index (χ2n) is 6.02. The molecule has 1 aliphatic rings. The van der Waals surface area contributed by atoms with Gasteiger partial charge in [-0.25, -0.2) is 9.59 Å². The molecule has 0 N–H and O–H groups in total. The first kappa shape index (κ1) is 16.5. The summed E-state index contributed by atoms with van der Waals surface area (Å²) in [5.41, 5.74) is 2.62. The minimum Gasteiger partial charge on any atom is -0.419 e. The second-order valence-corrected chi connectivity index (χ2v) is 6.02. The molecule has 2 aromatic rings. The van der Waals surface area contributed by atoms with Crippen LogP contribution in [-0.4, -0.2) is 17.7 Å². The maximum atomic E-state index is 12.1. The number of nitriles is 1. The normalized spacial score (nSPS) is 15.8. The number of rotatable bonds is 2. The van der Waals surface area contributed by atoms with Crippen LogP contribution in [0.5, 0.6) is 0 Å². The fourth-order valence-corrected chi connectivity index (χ4v) is 2.58. The number of cyclic esters (lactones) is 2. The summed E-state index contributed by atoms with van der Waals surface area (Å²) in [6, 6.07) is 16.5. The van der Waals surface area contributed by atoms with Crippen molar-refractivity contribution in [2.24, 2.45) is 0 Å². The highest BCUT2D eigenvalue weighted by Gasteiger charge is 2.38. The third-order valence-corrected chi connectivity index (χ3v) is 3.68. The summed E-state index contributed by atoms with van der Waals surface area (Å²) >= 11 is 0. The van der Waals surface area contributed by atoms with Crippen molar-refractivity contribution >= 4 is 18.0 Å². The number of ether oxygens (including phenoxy) is 2. The van der Waals surface area contributed by atoms with E-state index in [2.05, 4.69) is 6.07 Å². The second kappa shape index (κ2) is 6.25. The average Bonchev–Trinajstić information content (AvgIpc) is 2.58. The monoisotopic (exact) mass is 333 g/mol. The number of nitrogens with zero attached hydrogens (tertiary/aromatic N) is 1. The molecule has 5 nitrogen and oxygen atoms in total. The first-order chi connectivity index (χ1) is 11.9. The van der Waals surface area contributed by atoms with Crippen molar-refractivity contribution < 1.29 is 19.1 Å². The molecule has 0 aliphatic carbocycles. The molecule has 0 atom stereocenters. The maximum absolute atomic E-state index is 12.1. The minimum absolute atomic E-state index is 0.164. The van der Waals surface area contributed by atoms with Crippen LogP contribution in [0.3, 0.4) is 0 Å². The number of carbonyl (C=O) groups is 2. The minimum atomic E-state index is -1.27. The highest BCUT2D eigenvalue weighted by atomic mass is 16.7. The van der Waals surface area contributed by atoms with E-state index in [1.165, 1.54) is 19.9 Å². The van der Waals surface area contributed by atoms with Crippen LogP contribution in [0.2, 0.25) is 0 Å². The van der Waals surface area contributed by atoms with Crippen molar-refractivity contribution in [3.63, 3.8) is 0 Å². The molecule has 2 aromatic carbocycles. The maximum Gasteiger partial charge on any atom is 0.348 e. The van der Waals surface area contributed by atoms with Gasteiger partial charge < -0.3 is 9.47 Å². The molecule has 1 fully saturated rings. The van der Waals surface area contributed by atoms with Gasteiger partial charge in [-0.2, -0.15) is 5.26 Å². The Bertz CT molecular complexity index is 913. The fraction of sp³-hybridized carbons (Fsp3) is 0.150. The van der Waals surface area contributed by atoms with Gasteiger partial charge in [-0.1, -0.05) is 36.4 Å². The molecule has 0 aromatic heterocycles. The topological polar surface area (TPSA) is 76.4 Å². The summed E-state index contributed by atoms with van der Waals surface area (Å²) in [6.45, 7) is 3.00. The van der Waals surface area contributed by atoms with Crippen LogP contribution < -0.4 is 0 Å². The first-order valence-corrected chi connectivity index (χ1v) is 7.67. The molecule has 3 rings (SSSR count). The molecule has 0 saturated carbocycles. The lowest BCUT2D eigenvalue weighted by atomic mass is 9.96. The molecule has 0 unspecified atom stereocenters. The van der Waals surface area contributed by atoms with Gasteiger partial charge in [0.15, 0.2) is 0 Å². The number of benzene rings is 2. The Hall–Kier alpha value is -3.39. The Labute approximate surface area is 145 Å². The predicted molar refractivity (Wildman–Crippen MR) is 90.8 cm³/mol. The van der Waals surface area contributed by atoms with Gasteiger partial charge >= 0.3 is 11.9 Å². The van der Waals surface area contributed by atoms with E-state index in [1.807, 2.05) is 18.2 Å². The van der Waals surface area contributed by atoms with E-state index in [0.29, 0.717) is 11.1 Å². The van der Waals surface area contributed by atoms with E-state index in [9.17, 15) is 9.59 Å². The van der Waals surface area contributed by atoms with Crippen LogP contribution >= 0.6 is 0 Å². The molecule has 1 heterocycles. The molecule has 0 radical (unpaired) electrons. The average molecular weight is 333 g/mol. The summed E-state index contributed by atoms with van der Waals surface area (Å²) in [5.74, 6) is -2.71. The van der Waals surface area contributed by atoms with E-state index < -0.39 is 17.7 Å². The Balaban J connectivity index is 2.06. The summed E-state index contributed by atoms with van der Waals surface area (Å²) in [6.07, 6.45) is 1.45. The smallest absolute Gasteiger partial charge is 0.348 e. The van der Waals surface area contributed by atoms with Gasteiger partial charge in [0.2, 0.25) is 0 Å². The Morgan fingerprint density at radius 1 is 1.00 bits per heavy atom. The number of esters is 2. The zero-order chi connectivity index (χ0) is 18.0. The largest absolute Gasteiger partial charge is 0.419 e. The highest BCUT2D eigenvalue weighted by Crippen LogP contribution is 2.29. The van der Waals surface area contributed by atoms with Crippen LogP contribution in [0.1, 0.15) is 25.0 Å². The van der Waals surface area contributed by atoms with Crippen LogP contribution in [0.25, 0.3) is 17.2 Å². The summed E-state index contributed by atoms with van der Waals surface area (Å²) in [4.78, 5) is 24.3. The first-order valence-electron chi connectivity index (χ1n) is 7.67. The van der Waals surface area contributed by atoms with Gasteiger partial charge in [0.25, 0.3) is 5.79 Å². The third-order valence-electron chi connectivity index (χ3n) is 3.68. The summed E-state index contributed by atoms with van der Waals surface area (Å²) in [5, 5.41) is 9.07. The van der Waals surface area contributed by atoms with Crippen molar-refractivity contribution in [1.29, 1.82) is 5.26 Å². The fourth-order valence-electron chi connectivity index (χ4n) is 2.58. The lowest BCUT2D eigenvalue weighted by Gasteiger charge is -2.29. The number of hydrogen-bond donors (Lipinski definition) is 0. The van der Waals surface area contributed by atoms with Gasteiger partial charge in [0.05, 0.1) is 11.6 Å². The molecule has 25 heavy (non-hydrogen) atoms. The molecule has 0 amide bonds. The van der Waals surface area contributed by atoms with Gasteiger partial charge in [-0.3, -0.25) is 0 Å². The zero-order valence-corrected chi connectivity index (χ0v) is 13.8. The van der Waals surface area contributed by atoms with E-state index in [-0.39, 0.29) is 5.57 Å². The van der Waals surface area contributed by atoms with Gasteiger partial charge in [-0.05, 0) is 34.9 Å². The lowest BCUT2D eigenvalue weighted by molar-refractivity contribution is -0.222. The molecule has 0 spiro atoms. The highest BCUT2D eigenvalue weighted by molar-refractivity contribution is 6.19. The predicted octanol–water partition coefficient (Wildman–Crippen LogP) is 3.44. The summed E-state index contributed by atoms with van der Waals surface area (Å²) < 4.78 is 10.2. The molecular formula is C20H15NO4. The zero-order valence-electron chi connectivity index (χ0n) is 13.8. The van der Waals surface area contributed by atoms with E-state index >= 15 is 0 Å². The van der Waals surface area contributed by atoms with E-state index in [1.54, 1.807) is 30.3 Å². The van der Waals surface area contributed by atoms with Crippen LogP contribution in [0, 0.1) is 11.3 Å². The Kier molecular flexibility index (Phi) is 4.12. The van der Waals surface area contributed by atoms with Crippen molar-refractivity contribution in [3.8, 4) is 17.2 Å². The Morgan fingerprint density at radius 3 is 2.36 bits per heavy atom. The molecule has 1 saturated heterocycles. The molecule has 124 valence electrons. The summed E-state index contributed by atoms with van der Waals surface area (Å²) in [7, 11) is 0. The van der Waals surface area contributed by atoms with Crippen molar-refractivity contribution in [1.82, 2.24) is 0 Å². The van der Waals surface area contributed by atoms with Gasteiger partial charge in [0.1, 0.15) is 5.57 Å². The van der Waals surface area contributed by atoms with E-state index in [4.69, 9.17) is 14.7 Å². The Morgan fingerprint density at radius 2 is 1.68 bits per heavy atom.